The van der Waals surface area contributed by atoms with E-state index in [1.54, 1.807) is 25.5 Å². The van der Waals surface area contributed by atoms with Crippen molar-refractivity contribution in [2.75, 3.05) is 7.11 Å². The van der Waals surface area contributed by atoms with Crippen molar-refractivity contribution in [3.63, 3.8) is 0 Å². The van der Waals surface area contributed by atoms with E-state index in [4.69, 9.17) is 16.3 Å². The Bertz CT molecular complexity index is 593. The first-order chi connectivity index (χ1) is 9.19. The van der Waals surface area contributed by atoms with E-state index in [9.17, 15) is 4.79 Å². The highest BCUT2D eigenvalue weighted by atomic mass is 35.5. The number of amides is 1. The van der Waals surface area contributed by atoms with Crippen molar-refractivity contribution in [2.45, 2.75) is 0 Å². The zero-order chi connectivity index (χ0) is 13.7. The molecule has 0 saturated carbocycles. The number of methoxy groups -OCH3 is 1. The molecule has 6 heteroatoms. The molecule has 4 nitrogen and oxygen atoms in total. The van der Waals surface area contributed by atoms with Crippen molar-refractivity contribution >= 4 is 35.1 Å². The number of thiophene rings is 1. The molecule has 0 spiro atoms. The lowest BCUT2D eigenvalue weighted by molar-refractivity contribution is 0.0959. The Morgan fingerprint density at radius 1 is 1.32 bits per heavy atom. The van der Waals surface area contributed by atoms with E-state index in [0.29, 0.717) is 9.21 Å². The van der Waals surface area contributed by atoms with Gasteiger partial charge < -0.3 is 4.74 Å². The summed E-state index contributed by atoms with van der Waals surface area (Å²) in [6, 6.07) is 10.7. The van der Waals surface area contributed by atoms with Gasteiger partial charge in [0.2, 0.25) is 0 Å². The van der Waals surface area contributed by atoms with E-state index >= 15 is 0 Å². The summed E-state index contributed by atoms with van der Waals surface area (Å²) in [6.07, 6.45) is 1.56. The number of nitrogens with zero attached hydrogens (tertiary/aromatic N) is 1. The summed E-state index contributed by atoms with van der Waals surface area (Å²) >= 11 is 6.96. The van der Waals surface area contributed by atoms with Crippen LogP contribution in [0.25, 0.3) is 0 Å². The van der Waals surface area contributed by atoms with Crippen molar-refractivity contribution in [3.8, 4) is 5.75 Å². The van der Waals surface area contributed by atoms with Gasteiger partial charge in [-0.15, -0.1) is 11.3 Å². The maximum absolute atomic E-state index is 11.7. The molecule has 0 bridgehead atoms. The monoisotopic (exact) mass is 294 g/mol. The Morgan fingerprint density at radius 3 is 2.63 bits per heavy atom. The molecule has 0 aliphatic rings. The van der Waals surface area contributed by atoms with Crippen LogP contribution >= 0.6 is 22.9 Å². The summed E-state index contributed by atoms with van der Waals surface area (Å²) in [7, 11) is 1.61. The van der Waals surface area contributed by atoms with Gasteiger partial charge in [0.05, 0.1) is 22.5 Å². The van der Waals surface area contributed by atoms with Gasteiger partial charge >= 0.3 is 0 Å². The Kier molecular flexibility index (Phi) is 4.54. The number of carbonyl (C=O) groups is 1. The maximum atomic E-state index is 11.7. The van der Waals surface area contributed by atoms with Crippen molar-refractivity contribution in [1.29, 1.82) is 0 Å². The molecule has 19 heavy (non-hydrogen) atoms. The van der Waals surface area contributed by atoms with Crippen LogP contribution in [0.5, 0.6) is 5.75 Å². The SMILES string of the molecule is COc1ccc(C=NNC(=O)c2ccc(Cl)s2)cc1. The van der Waals surface area contributed by atoms with Crippen molar-refractivity contribution < 1.29 is 9.53 Å². The molecule has 98 valence electrons. The zero-order valence-corrected chi connectivity index (χ0v) is 11.7. The van der Waals surface area contributed by atoms with Crippen LogP contribution in [0.4, 0.5) is 0 Å². The Hall–Kier alpha value is -1.85. The second-order valence-electron chi connectivity index (χ2n) is 3.58. The van der Waals surface area contributed by atoms with Crippen molar-refractivity contribution in [1.82, 2.24) is 5.43 Å². The zero-order valence-electron chi connectivity index (χ0n) is 10.1. The van der Waals surface area contributed by atoms with E-state index < -0.39 is 0 Å². The lowest BCUT2D eigenvalue weighted by Crippen LogP contribution is -2.16. The molecule has 1 N–H and O–H groups in total. The van der Waals surface area contributed by atoms with Crippen molar-refractivity contribution in [3.05, 3.63) is 51.2 Å². The van der Waals surface area contributed by atoms with E-state index in [-0.39, 0.29) is 5.91 Å². The summed E-state index contributed by atoms with van der Waals surface area (Å²) in [4.78, 5) is 12.2. The molecule has 0 fully saturated rings. The lowest BCUT2D eigenvalue weighted by atomic mass is 10.2. The summed E-state index contributed by atoms with van der Waals surface area (Å²) < 4.78 is 5.62. The van der Waals surface area contributed by atoms with Gasteiger partial charge in [0, 0.05) is 0 Å². The third-order valence-corrected chi connectivity index (χ3v) is 3.52. The summed E-state index contributed by atoms with van der Waals surface area (Å²) in [6.45, 7) is 0. The van der Waals surface area contributed by atoms with Crippen LogP contribution in [0.15, 0.2) is 41.5 Å². The molecular formula is C13H11ClN2O2S. The highest BCUT2D eigenvalue weighted by Crippen LogP contribution is 2.21. The minimum Gasteiger partial charge on any atom is -0.497 e. The standard InChI is InChI=1S/C13H11ClN2O2S/c1-18-10-4-2-9(3-5-10)8-15-16-13(17)11-6-7-12(14)19-11/h2-8H,1H3,(H,16,17). The van der Waals surface area contributed by atoms with Gasteiger partial charge in [-0.25, -0.2) is 5.43 Å². The third kappa shape index (κ3) is 3.81. The number of halogens is 1. The molecule has 0 unspecified atom stereocenters. The van der Waals surface area contributed by atoms with Gasteiger partial charge in [-0.1, -0.05) is 11.6 Å². The fourth-order valence-electron chi connectivity index (χ4n) is 1.35. The molecule has 1 amide bonds. The van der Waals surface area contributed by atoms with E-state index in [1.165, 1.54) is 11.3 Å². The van der Waals surface area contributed by atoms with Crippen molar-refractivity contribution in [2.24, 2.45) is 5.10 Å². The lowest BCUT2D eigenvalue weighted by Gasteiger charge is -1.99. The number of carbonyl (C=O) groups excluding carboxylic acids is 1. The minimum atomic E-state index is -0.276. The first kappa shape index (κ1) is 13.6. The first-order valence-electron chi connectivity index (χ1n) is 5.42. The van der Waals surface area contributed by atoms with Crippen LogP contribution in [-0.4, -0.2) is 19.2 Å². The predicted octanol–water partition coefficient (Wildman–Crippen LogP) is 3.17. The molecule has 0 aliphatic heterocycles. The average Bonchev–Trinajstić information content (AvgIpc) is 2.86. The fraction of sp³-hybridized carbons (Fsp3) is 0.0769. The van der Waals surface area contributed by atoms with Crippen LogP contribution in [0.3, 0.4) is 0 Å². The number of hydrazone groups is 1. The van der Waals surface area contributed by atoms with Crippen LogP contribution in [0.1, 0.15) is 15.2 Å². The Morgan fingerprint density at radius 2 is 2.05 bits per heavy atom. The number of hydrogen-bond acceptors (Lipinski definition) is 4. The summed E-state index contributed by atoms with van der Waals surface area (Å²) in [5, 5.41) is 3.88. The van der Waals surface area contributed by atoms with Crippen LogP contribution in [-0.2, 0) is 0 Å². The minimum absolute atomic E-state index is 0.276. The third-order valence-electron chi connectivity index (χ3n) is 2.29. The second-order valence-corrected chi connectivity index (χ2v) is 5.29. The molecule has 1 aromatic carbocycles. The first-order valence-corrected chi connectivity index (χ1v) is 6.61. The van der Waals surface area contributed by atoms with Gasteiger partial charge in [0.1, 0.15) is 5.75 Å². The highest BCUT2D eigenvalue weighted by molar-refractivity contribution is 7.17. The molecule has 1 heterocycles. The van der Waals surface area contributed by atoms with Crippen LogP contribution in [0, 0.1) is 0 Å². The van der Waals surface area contributed by atoms with Gasteiger partial charge in [-0.05, 0) is 42.0 Å². The van der Waals surface area contributed by atoms with Gasteiger partial charge in [0.15, 0.2) is 0 Å². The molecule has 2 rings (SSSR count). The van der Waals surface area contributed by atoms with Gasteiger partial charge in [-0.3, -0.25) is 4.79 Å². The van der Waals surface area contributed by atoms with E-state index in [1.807, 2.05) is 24.3 Å². The summed E-state index contributed by atoms with van der Waals surface area (Å²) in [5.74, 6) is 0.496. The predicted molar refractivity (Wildman–Crippen MR) is 77.4 cm³/mol. The molecular weight excluding hydrogens is 284 g/mol. The normalized spacial score (nSPS) is 10.6. The molecule has 0 radical (unpaired) electrons. The number of ether oxygens (including phenoxy) is 1. The maximum Gasteiger partial charge on any atom is 0.281 e. The topological polar surface area (TPSA) is 50.7 Å². The molecule has 0 saturated heterocycles. The quantitative estimate of drug-likeness (QED) is 0.695. The van der Waals surface area contributed by atoms with Crippen LogP contribution in [0.2, 0.25) is 4.34 Å². The summed E-state index contributed by atoms with van der Waals surface area (Å²) in [5.41, 5.74) is 3.31. The average molecular weight is 295 g/mol. The molecule has 0 aliphatic carbocycles. The Balaban J connectivity index is 1.94. The smallest absolute Gasteiger partial charge is 0.281 e. The molecule has 0 atom stereocenters. The largest absolute Gasteiger partial charge is 0.497 e. The number of nitrogens with one attached hydrogen (secondary N) is 1. The fourth-order valence-corrected chi connectivity index (χ4v) is 2.28. The van der Waals surface area contributed by atoms with E-state index in [0.717, 1.165) is 11.3 Å². The molecule has 1 aromatic heterocycles. The van der Waals surface area contributed by atoms with E-state index in [2.05, 4.69) is 10.5 Å². The Labute approximate surface area is 119 Å². The number of benzene rings is 1. The van der Waals surface area contributed by atoms with Gasteiger partial charge in [0.25, 0.3) is 5.91 Å². The number of rotatable bonds is 4. The van der Waals surface area contributed by atoms with Crippen LogP contribution < -0.4 is 10.2 Å². The molecule has 2 aromatic rings. The second kappa shape index (κ2) is 6.36. The highest BCUT2D eigenvalue weighted by Gasteiger charge is 2.06. The number of hydrogen-bond donors (Lipinski definition) is 1. The van der Waals surface area contributed by atoms with Gasteiger partial charge in [-0.2, -0.15) is 5.10 Å².